The lowest BCUT2D eigenvalue weighted by Crippen LogP contribution is -2.43. The molecule has 0 bridgehead atoms. The van der Waals surface area contributed by atoms with E-state index in [1.807, 2.05) is 26.0 Å². The van der Waals surface area contributed by atoms with Crippen molar-refractivity contribution >= 4 is 0 Å². The second-order valence-electron chi connectivity index (χ2n) is 8.92. The molecule has 2 aromatic rings. The Labute approximate surface area is 178 Å². The Kier molecular flexibility index (Phi) is 6.01. The predicted octanol–water partition coefficient (Wildman–Crippen LogP) is 5.80. The highest BCUT2D eigenvalue weighted by Crippen LogP contribution is 2.48. The highest BCUT2D eigenvalue weighted by molar-refractivity contribution is 5.50. The van der Waals surface area contributed by atoms with E-state index in [4.69, 9.17) is 9.47 Å². The summed E-state index contributed by atoms with van der Waals surface area (Å²) in [4.78, 5) is 2.47. The smallest absolute Gasteiger partial charge is 0.207 e. The molecule has 0 saturated carbocycles. The molecule has 2 heterocycles. The molecule has 0 unspecified atom stereocenters. The van der Waals surface area contributed by atoms with Gasteiger partial charge < -0.3 is 14.4 Å². The van der Waals surface area contributed by atoms with Gasteiger partial charge in [-0.25, -0.2) is 4.39 Å². The monoisotopic (exact) mass is 415 g/mol. The summed E-state index contributed by atoms with van der Waals surface area (Å²) in [5, 5.41) is 0. The Bertz CT molecular complexity index is 904. The first-order chi connectivity index (χ1) is 14.4. The number of halogens is 2. The second kappa shape index (κ2) is 8.54. The Morgan fingerprint density at radius 1 is 1.13 bits per heavy atom. The van der Waals surface area contributed by atoms with Gasteiger partial charge in [-0.2, -0.15) is 4.39 Å². The zero-order valence-corrected chi connectivity index (χ0v) is 18.1. The van der Waals surface area contributed by atoms with Crippen molar-refractivity contribution in [1.82, 2.24) is 4.90 Å². The fourth-order valence-electron chi connectivity index (χ4n) is 4.85. The Morgan fingerprint density at radius 2 is 1.90 bits per heavy atom. The van der Waals surface area contributed by atoms with Crippen LogP contribution >= 0.6 is 0 Å². The van der Waals surface area contributed by atoms with E-state index in [-0.39, 0.29) is 29.5 Å². The van der Waals surface area contributed by atoms with Crippen LogP contribution < -0.4 is 9.47 Å². The molecule has 2 aromatic carbocycles. The third kappa shape index (κ3) is 3.80. The molecule has 4 rings (SSSR count). The molecule has 2 aliphatic rings. The maximum Gasteiger partial charge on any atom is 0.207 e. The summed E-state index contributed by atoms with van der Waals surface area (Å²) in [7, 11) is 0. The van der Waals surface area contributed by atoms with E-state index in [2.05, 4.69) is 11.8 Å². The van der Waals surface area contributed by atoms with Crippen molar-refractivity contribution in [2.75, 3.05) is 26.2 Å². The van der Waals surface area contributed by atoms with Gasteiger partial charge in [-0.3, -0.25) is 0 Å². The van der Waals surface area contributed by atoms with Crippen LogP contribution in [-0.2, 0) is 12.0 Å². The molecule has 0 amide bonds. The fraction of sp³-hybridized carbons (Fsp3) is 0.520. The van der Waals surface area contributed by atoms with E-state index in [9.17, 15) is 4.39 Å². The van der Waals surface area contributed by atoms with Crippen LogP contribution in [0.2, 0.25) is 0 Å². The number of piperidine rings is 1. The average Bonchev–Trinajstić information content (AvgIpc) is 3.09. The number of hydrogen-bond donors (Lipinski definition) is 0. The number of benzene rings is 2. The molecule has 1 fully saturated rings. The molecule has 1 saturated heterocycles. The third-order valence-electron chi connectivity index (χ3n) is 6.63. The highest BCUT2D eigenvalue weighted by atomic mass is 19.1. The Morgan fingerprint density at radius 3 is 2.60 bits per heavy atom. The molecule has 5 heteroatoms. The van der Waals surface area contributed by atoms with Gasteiger partial charge in [0.05, 0.1) is 6.61 Å². The molecule has 0 aromatic heterocycles. The van der Waals surface area contributed by atoms with Gasteiger partial charge in [0.1, 0.15) is 12.4 Å². The first kappa shape index (κ1) is 21.1. The lowest BCUT2D eigenvalue weighted by atomic mass is 9.74. The van der Waals surface area contributed by atoms with E-state index < -0.39 is 5.82 Å². The van der Waals surface area contributed by atoms with Crippen molar-refractivity contribution in [2.24, 2.45) is 0 Å². The SMILES string of the molecule is CCCN1CCC2(CC1)COc1c2ccc(OCc2c(F)cccc2C(C)C)c1F. The molecule has 3 nitrogen and oxygen atoms in total. The summed E-state index contributed by atoms with van der Waals surface area (Å²) in [5.41, 5.74) is 2.21. The number of nitrogens with zero attached hydrogens (tertiary/aromatic N) is 1. The van der Waals surface area contributed by atoms with Crippen LogP contribution in [0, 0.1) is 11.6 Å². The van der Waals surface area contributed by atoms with E-state index >= 15 is 4.39 Å². The van der Waals surface area contributed by atoms with E-state index in [1.54, 1.807) is 12.1 Å². The van der Waals surface area contributed by atoms with Crippen LogP contribution in [-0.4, -0.2) is 31.1 Å². The molecule has 162 valence electrons. The first-order valence-electron chi connectivity index (χ1n) is 11.0. The van der Waals surface area contributed by atoms with Gasteiger partial charge in [-0.05, 0) is 62.5 Å². The van der Waals surface area contributed by atoms with Gasteiger partial charge in [0.15, 0.2) is 11.5 Å². The standard InChI is InChI=1S/C25H31F2NO2/c1-4-12-28-13-10-25(11-14-28)16-30-24-20(25)8-9-22(23(24)27)29-15-19-18(17(2)3)6-5-7-21(19)26/h5-9,17H,4,10-16H2,1-3H3. The van der Waals surface area contributed by atoms with Crippen molar-refractivity contribution in [3.8, 4) is 11.5 Å². The minimum atomic E-state index is -0.470. The summed E-state index contributed by atoms with van der Waals surface area (Å²) in [6.45, 7) is 9.87. The summed E-state index contributed by atoms with van der Waals surface area (Å²) >= 11 is 0. The Balaban J connectivity index is 1.53. The number of hydrogen-bond acceptors (Lipinski definition) is 3. The number of ether oxygens (including phenoxy) is 2. The highest BCUT2D eigenvalue weighted by Gasteiger charge is 2.44. The van der Waals surface area contributed by atoms with Crippen LogP contribution in [0.3, 0.4) is 0 Å². The lowest BCUT2D eigenvalue weighted by molar-refractivity contribution is 0.135. The van der Waals surface area contributed by atoms with Gasteiger partial charge in [0.25, 0.3) is 0 Å². The van der Waals surface area contributed by atoms with Crippen LogP contribution in [0.5, 0.6) is 11.5 Å². The third-order valence-corrected chi connectivity index (χ3v) is 6.63. The number of rotatable bonds is 6. The first-order valence-corrected chi connectivity index (χ1v) is 11.0. The van der Waals surface area contributed by atoms with Gasteiger partial charge in [-0.1, -0.05) is 39.0 Å². The van der Waals surface area contributed by atoms with E-state index in [0.29, 0.717) is 17.9 Å². The topological polar surface area (TPSA) is 21.7 Å². The minimum Gasteiger partial charge on any atom is -0.489 e. The van der Waals surface area contributed by atoms with Crippen LogP contribution in [0.4, 0.5) is 8.78 Å². The van der Waals surface area contributed by atoms with Gasteiger partial charge >= 0.3 is 0 Å². The summed E-state index contributed by atoms with van der Waals surface area (Å²) < 4.78 is 41.2. The van der Waals surface area contributed by atoms with Gasteiger partial charge in [-0.15, -0.1) is 0 Å². The number of fused-ring (bicyclic) bond motifs is 2. The van der Waals surface area contributed by atoms with Crippen molar-refractivity contribution < 1.29 is 18.3 Å². The summed E-state index contributed by atoms with van der Waals surface area (Å²) in [5.74, 6) is -0.202. The summed E-state index contributed by atoms with van der Waals surface area (Å²) in [6.07, 6.45) is 3.11. The molecule has 0 radical (unpaired) electrons. The maximum absolute atomic E-state index is 15.2. The van der Waals surface area contributed by atoms with E-state index in [1.165, 1.54) is 6.07 Å². The van der Waals surface area contributed by atoms with Crippen molar-refractivity contribution in [2.45, 2.75) is 58.0 Å². The predicted molar refractivity (Wildman–Crippen MR) is 114 cm³/mol. The molecule has 0 N–H and O–H groups in total. The van der Waals surface area contributed by atoms with Crippen LogP contribution in [0.25, 0.3) is 0 Å². The summed E-state index contributed by atoms with van der Waals surface area (Å²) in [6, 6.07) is 8.63. The largest absolute Gasteiger partial charge is 0.489 e. The zero-order valence-electron chi connectivity index (χ0n) is 18.1. The van der Waals surface area contributed by atoms with Gasteiger partial charge in [0, 0.05) is 16.5 Å². The number of likely N-dealkylation sites (tertiary alicyclic amines) is 1. The molecule has 30 heavy (non-hydrogen) atoms. The minimum absolute atomic E-state index is 0.00693. The van der Waals surface area contributed by atoms with Crippen LogP contribution in [0.15, 0.2) is 30.3 Å². The van der Waals surface area contributed by atoms with Crippen molar-refractivity contribution in [1.29, 1.82) is 0 Å². The average molecular weight is 416 g/mol. The Hall–Kier alpha value is -2.14. The van der Waals surface area contributed by atoms with Crippen LogP contribution in [0.1, 0.15) is 62.6 Å². The van der Waals surface area contributed by atoms with Crippen molar-refractivity contribution in [3.05, 3.63) is 58.7 Å². The van der Waals surface area contributed by atoms with E-state index in [0.717, 1.165) is 50.0 Å². The molecular formula is C25H31F2NO2. The molecule has 0 aliphatic carbocycles. The fourth-order valence-corrected chi connectivity index (χ4v) is 4.85. The lowest BCUT2D eigenvalue weighted by Gasteiger charge is -2.38. The molecular weight excluding hydrogens is 384 g/mol. The molecule has 0 atom stereocenters. The van der Waals surface area contributed by atoms with Crippen molar-refractivity contribution in [3.63, 3.8) is 0 Å². The van der Waals surface area contributed by atoms with Gasteiger partial charge in [0.2, 0.25) is 5.82 Å². The molecule has 1 spiro atoms. The normalized spacial score (nSPS) is 17.9. The zero-order chi connectivity index (χ0) is 21.3. The second-order valence-corrected chi connectivity index (χ2v) is 8.92. The molecule has 2 aliphatic heterocycles. The maximum atomic E-state index is 15.2. The quantitative estimate of drug-likeness (QED) is 0.595.